The van der Waals surface area contributed by atoms with Gasteiger partial charge in [-0.1, -0.05) is 12.2 Å². The standard InChI is InChI=1S/C14H23N3O/c1-11-13(15)14(10-18-11)5-8-17(9-6-14)12-4-2-3-7-16-12/h2-4,11,13,16H,5-10,15H2,1H3/t11-,13+/m0/s1. The molecule has 0 aromatic heterocycles. The minimum Gasteiger partial charge on any atom is -0.376 e. The van der Waals surface area contributed by atoms with Crippen molar-refractivity contribution in [3.05, 3.63) is 24.0 Å². The molecule has 0 saturated carbocycles. The second-order valence-electron chi connectivity index (χ2n) is 5.75. The highest BCUT2D eigenvalue weighted by Crippen LogP contribution is 2.41. The summed E-state index contributed by atoms with van der Waals surface area (Å²) >= 11 is 0. The Kier molecular flexibility index (Phi) is 3.08. The lowest BCUT2D eigenvalue weighted by atomic mass is 9.73. The van der Waals surface area contributed by atoms with E-state index < -0.39 is 0 Å². The smallest absolute Gasteiger partial charge is 0.101 e. The minimum atomic E-state index is 0.202. The van der Waals surface area contributed by atoms with Crippen LogP contribution in [0.25, 0.3) is 0 Å². The van der Waals surface area contributed by atoms with E-state index in [4.69, 9.17) is 10.5 Å². The Balaban J connectivity index is 1.64. The van der Waals surface area contributed by atoms with E-state index in [1.165, 1.54) is 5.82 Å². The van der Waals surface area contributed by atoms with Crippen LogP contribution in [0, 0.1) is 5.41 Å². The molecule has 2 atom stereocenters. The molecular formula is C14H23N3O. The van der Waals surface area contributed by atoms with Crippen LogP contribution < -0.4 is 11.1 Å². The molecule has 0 unspecified atom stereocenters. The van der Waals surface area contributed by atoms with Crippen LogP contribution >= 0.6 is 0 Å². The molecule has 0 aliphatic carbocycles. The van der Waals surface area contributed by atoms with Gasteiger partial charge in [0.15, 0.2) is 0 Å². The van der Waals surface area contributed by atoms with Crippen molar-refractivity contribution in [3.8, 4) is 0 Å². The molecule has 1 spiro atoms. The summed E-state index contributed by atoms with van der Waals surface area (Å²) < 4.78 is 5.75. The van der Waals surface area contributed by atoms with Crippen molar-refractivity contribution in [2.45, 2.75) is 31.9 Å². The molecule has 3 aliphatic rings. The number of hydrogen-bond donors (Lipinski definition) is 2. The quantitative estimate of drug-likeness (QED) is 0.722. The third-order valence-corrected chi connectivity index (χ3v) is 4.74. The fraction of sp³-hybridized carbons (Fsp3) is 0.714. The summed E-state index contributed by atoms with van der Waals surface area (Å²) in [5.74, 6) is 1.26. The molecular weight excluding hydrogens is 226 g/mol. The third-order valence-electron chi connectivity index (χ3n) is 4.74. The highest BCUT2D eigenvalue weighted by molar-refractivity contribution is 5.17. The number of nitrogens with zero attached hydrogens (tertiary/aromatic N) is 1. The SMILES string of the molecule is C[C@@H]1OCC2(CCN(C3=CC=CCN3)CC2)[C@@H]1N. The summed E-state index contributed by atoms with van der Waals surface area (Å²) in [7, 11) is 0. The van der Waals surface area contributed by atoms with Gasteiger partial charge < -0.3 is 20.7 Å². The first-order valence-electron chi connectivity index (χ1n) is 6.94. The molecule has 0 bridgehead atoms. The fourth-order valence-corrected chi connectivity index (χ4v) is 3.33. The number of likely N-dealkylation sites (tertiary alicyclic amines) is 1. The van der Waals surface area contributed by atoms with E-state index in [2.05, 4.69) is 35.4 Å². The van der Waals surface area contributed by atoms with Gasteiger partial charge in [0.1, 0.15) is 5.82 Å². The zero-order chi connectivity index (χ0) is 12.6. The number of allylic oxidation sites excluding steroid dienone is 2. The van der Waals surface area contributed by atoms with E-state index in [9.17, 15) is 0 Å². The lowest BCUT2D eigenvalue weighted by molar-refractivity contribution is 0.0756. The van der Waals surface area contributed by atoms with Crippen molar-refractivity contribution in [2.24, 2.45) is 11.1 Å². The van der Waals surface area contributed by atoms with E-state index in [0.717, 1.165) is 39.1 Å². The zero-order valence-electron chi connectivity index (χ0n) is 11.1. The van der Waals surface area contributed by atoms with Gasteiger partial charge in [0, 0.05) is 31.1 Å². The van der Waals surface area contributed by atoms with Crippen molar-refractivity contribution >= 4 is 0 Å². The Morgan fingerprint density at radius 1 is 1.44 bits per heavy atom. The molecule has 2 saturated heterocycles. The average molecular weight is 249 g/mol. The van der Waals surface area contributed by atoms with Gasteiger partial charge in [-0.2, -0.15) is 0 Å². The Labute approximate surface area is 109 Å². The van der Waals surface area contributed by atoms with Crippen LogP contribution in [0.15, 0.2) is 24.0 Å². The second-order valence-corrected chi connectivity index (χ2v) is 5.75. The first-order valence-corrected chi connectivity index (χ1v) is 6.94. The predicted octanol–water partition coefficient (Wildman–Crippen LogP) is 0.815. The maximum Gasteiger partial charge on any atom is 0.101 e. The zero-order valence-corrected chi connectivity index (χ0v) is 11.1. The van der Waals surface area contributed by atoms with E-state index >= 15 is 0 Å². The third kappa shape index (κ3) is 1.93. The molecule has 3 rings (SSSR count). The van der Waals surface area contributed by atoms with Crippen LogP contribution in [0.5, 0.6) is 0 Å². The molecule has 3 aliphatic heterocycles. The Morgan fingerprint density at radius 3 is 2.78 bits per heavy atom. The summed E-state index contributed by atoms with van der Waals surface area (Å²) in [6.07, 6.45) is 8.92. The van der Waals surface area contributed by atoms with Crippen LogP contribution in [-0.4, -0.2) is 43.3 Å². The number of ether oxygens (including phenoxy) is 1. The lowest BCUT2D eigenvalue weighted by Crippen LogP contribution is -2.51. The van der Waals surface area contributed by atoms with Crippen molar-refractivity contribution in [1.29, 1.82) is 0 Å². The van der Waals surface area contributed by atoms with Crippen molar-refractivity contribution < 1.29 is 4.74 Å². The van der Waals surface area contributed by atoms with Gasteiger partial charge in [0.05, 0.1) is 12.7 Å². The Hall–Kier alpha value is -1.00. The highest BCUT2D eigenvalue weighted by Gasteiger charge is 2.47. The number of nitrogens with two attached hydrogens (primary N) is 1. The molecule has 3 heterocycles. The molecule has 100 valence electrons. The van der Waals surface area contributed by atoms with E-state index in [-0.39, 0.29) is 17.6 Å². The molecule has 4 heteroatoms. The summed E-state index contributed by atoms with van der Waals surface area (Å²) in [4.78, 5) is 2.43. The summed E-state index contributed by atoms with van der Waals surface area (Å²) in [5.41, 5.74) is 6.55. The first kappa shape index (κ1) is 12.1. The van der Waals surface area contributed by atoms with E-state index in [1.54, 1.807) is 0 Å². The van der Waals surface area contributed by atoms with Crippen LogP contribution in [0.4, 0.5) is 0 Å². The predicted molar refractivity (Wildman–Crippen MR) is 71.9 cm³/mol. The van der Waals surface area contributed by atoms with Gasteiger partial charge in [-0.15, -0.1) is 0 Å². The second kappa shape index (κ2) is 4.59. The van der Waals surface area contributed by atoms with E-state index in [1.807, 2.05) is 0 Å². The van der Waals surface area contributed by atoms with Crippen LogP contribution in [0.3, 0.4) is 0 Å². The molecule has 18 heavy (non-hydrogen) atoms. The largest absolute Gasteiger partial charge is 0.376 e. The monoisotopic (exact) mass is 249 g/mol. The highest BCUT2D eigenvalue weighted by atomic mass is 16.5. The topological polar surface area (TPSA) is 50.5 Å². The van der Waals surface area contributed by atoms with Gasteiger partial charge >= 0.3 is 0 Å². The minimum absolute atomic E-state index is 0.202. The number of hydrogen-bond acceptors (Lipinski definition) is 4. The van der Waals surface area contributed by atoms with Gasteiger partial charge in [-0.3, -0.25) is 0 Å². The lowest BCUT2D eigenvalue weighted by Gasteiger charge is -2.43. The number of rotatable bonds is 1. The number of nitrogens with one attached hydrogen (secondary N) is 1. The van der Waals surface area contributed by atoms with Crippen molar-refractivity contribution in [2.75, 3.05) is 26.2 Å². The van der Waals surface area contributed by atoms with Crippen LogP contribution in [-0.2, 0) is 4.74 Å². The summed E-state index contributed by atoms with van der Waals surface area (Å²) in [6, 6.07) is 0.202. The molecule has 3 N–H and O–H groups in total. The summed E-state index contributed by atoms with van der Waals surface area (Å²) in [6.45, 7) is 6.04. The molecule has 0 aromatic carbocycles. The van der Waals surface area contributed by atoms with Crippen LogP contribution in [0.2, 0.25) is 0 Å². The Bertz CT molecular complexity index is 369. The van der Waals surface area contributed by atoms with E-state index in [0.29, 0.717) is 0 Å². The van der Waals surface area contributed by atoms with Gasteiger partial charge in [0.25, 0.3) is 0 Å². The molecule has 2 fully saturated rings. The molecule has 4 nitrogen and oxygen atoms in total. The number of dihydropyridines is 1. The first-order chi connectivity index (χ1) is 8.71. The Morgan fingerprint density at radius 2 is 2.22 bits per heavy atom. The average Bonchev–Trinajstić information content (AvgIpc) is 2.70. The number of piperidine rings is 1. The fourth-order valence-electron chi connectivity index (χ4n) is 3.33. The normalized spacial score (nSPS) is 34.6. The van der Waals surface area contributed by atoms with Crippen molar-refractivity contribution in [3.63, 3.8) is 0 Å². The van der Waals surface area contributed by atoms with Crippen molar-refractivity contribution in [1.82, 2.24) is 10.2 Å². The molecule has 0 radical (unpaired) electrons. The van der Waals surface area contributed by atoms with Gasteiger partial charge in [-0.05, 0) is 25.8 Å². The van der Waals surface area contributed by atoms with Gasteiger partial charge in [-0.25, -0.2) is 0 Å². The maximum atomic E-state index is 6.33. The van der Waals surface area contributed by atoms with Crippen LogP contribution in [0.1, 0.15) is 19.8 Å². The molecule has 0 amide bonds. The van der Waals surface area contributed by atoms with Gasteiger partial charge in [0.2, 0.25) is 0 Å². The maximum absolute atomic E-state index is 6.33. The summed E-state index contributed by atoms with van der Waals surface area (Å²) in [5, 5.41) is 3.43. The molecule has 0 aromatic rings.